The molecule has 3 nitrogen and oxygen atoms in total. The van der Waals surface area contributed by atoms with E-state index in [2.05, 4.69) is 41.5 Å². The number of hydrogen-bond acceptors (Lipinski definition) is 2. The van der Waals surface area contributed by atoms with Gasteiger partial charge in [0.25, 0.3) is 0 Å². The van der Waals surface area contributed by atoms with E-state index in [4.69, 9.17) is 17.6 Å². The third-order valence-electron chi connectivity index (χ3n) is 6.71. The number of para-hydroxylation sites is 2. The number of fused-ring (bicyclic) bond motifs is 2. The quantitative estimate of drug-likeness (QED) is 0.299. The second-order valence-corrected chi connectivity index (χ2v) is 8.72. The van der Waals surface area contributed by atoms with E-state index < -0.39 is 0 Å². The van der Waals surface area contributed by atoms with Crippen molar-refractivity contribution in [1.29, 1.82) is 5.26 Å². The number of hydrogen-bond donors (Lipinski definition) is 0. The molecule has 0 N–H and O–H groups in total. The predicted molar refractivity (Wildman–Crippen MR) is 147 cm³/mol. The molecule has 4 aromatic rings. The maximum Gasteiger partial charge on any atom is 0.124 e. The van der Waals surface area contributed by atoms with Gasteiger partial charge in [-0.25, -0.2) is 0 Å². The van der Waals surface area contributed by atoms with E-state index in [1.54, 1.807) is 6.08 Å². The van der Waals surface area contributed by atoms with Crippen molar-refractivity contribution in [3.63, 3.8) is 0 Å². The van der Waals surface area contributed by atoms with E-state index in [-0.39, 0.29) is 12.0 Å². The summed E-state index contributed by atoms with van der Waals surface area (Å²) in [5.41, 5.74) is 7.08. The van der Waals surface area contributed by atoms with Crippen LogP contribution in [0.15, 0.2) is 78.9 Å². The van der Waals surface area contributed by atoms with E-state index in [1.165, 1.54) is 0 Å². The zero-order chi connectivity index (χ0) is 25.2. The lowest BCUT2D eigenvalue weighted by Gasteiger charge is -2.17. The number of aromatic nitrogens is 1. The smallest absolute Gasteiger partial charge is 0.124 e. The average Bonchev–Trinajstić information content (AvgIpc) is 3.40. The highest BCUT2D eigenvalue weighted by Crippen LogP contribution is 2.43. The molecule has 2 atom stereocenters. The molecule has 0 aliphatic carbocycles. The van der Waals surface area contributed by atoms with Gasteiger partial charge in [0.1, 0.15) is 17.9 Å². The molecule has 5 rings (SSSR count). The van der Waals surface area contributed by atoms with Crippen molar-refractivity contribution >= 4 is 17.0 Å². The summed E-state index contributed by atoms with van der Waals surface area (Å²) in [7, 11) is 0. The van der Waals surface area contributed by atoms with Crippen LogP contribution in [-0.4, -0.2) is 10.7 Å². The van der Waals surface area contributed by atoms with Gasteiger partial charge in [-0.15, -0.1) is 12.8 Å². The molecule has 1 aliphatic rings. The molecule has 36 heavy (non-hydrogen) atoms. The molecule has 1 aromatic heterocycles. The second kappa shape index (κ2) is 9.38. The van der Waals surface area contributed by atoms with Gasteiger partial charge < -0.3 is 9.30 Å². The van der Waals surface area contributed by atoms with Crippen molar-refractivity contribution in [2.75, 3.05) is 0 Å². The molecular formula is C33H24N2O. The Balaban J connectivity index is 1.78. The van der Waals surface area contributed by atoms with Crippen LogP contribution in [0.1, 0.15) is 42.1 Å². The van der Waals surface area contributed by atoms with Crippen LogP contribution in [0.25, 0.3) is 33.8 Å². The summed E-state index contributed by atoms with van der Waals surface area (Å²) in [6, 6.07) is 22.5. The highest BCUT2D eigenvalue weighted by molar-refractivity contribution is 5.95. The van der Waals surface area contributed by atoms with Gasteiger partial charge >= 0.3 is 0 Å². The van der Waals surface area contributed by atoms with Gasteiger partial charge in [-0.1, -0.05) is 61.2 Å². The number of ether oxygens (including phenoxy) is 1. The molecule has 0 fully saturated rings. The van der Waals surface area contributed by atoms with Crippen LogP contribution in [0, 0.1) is 36.0 Å². The summed E-state index contributed by atoms with van der Waals surface area (Å²) >= 11 is 0. The maximum absolute atomic E-state index is 10.2. The molecule has 0 saturated heterocycles. The highest BCUT2D eigenvalue weighted by Gasteiger charge is 2.30. The normalized spacial score (nSPS) is 16.5. The third kappa shape index (κ3) is 3.58. The summed E-state index contributed by atoms with van der Waals surface area (Å²) in [5.74, 6) is 6.42. The lowest BCUT2D eigenvalue weighted by molar-refractivity contribution is 0.261. The summed E-state index contributed by atoms with van der Waals surface area (Å²) in [6.07, 6.45) is 18.9. The molecule has 0 radical (unpaired) electrons. The Bertz CT molecular complexity index is 1680. The van der Waals surface area contributed by atoms with Crippen LogP contribution in [0.5, 0.6) is 5.75 Å². The summed E-state index contributed by atoms with van der Waals surface area (Å²) < 4.78 is 8.24. The standard InChI is InChI=1S/C33H24N2O/c1-5-8-17-31-22(4)28-20-23(18-19-32(28)36-31)26-15-11-13-24(21-34)33(26)35-29(12-6-2)25(7-3)27-14-9-10-16-30(27)35/h1,3,6,8-20,22,31H,2,4H3/b12-6-,17-8-. The van der Waals surface area contributed by atoms with Crippen molar-refractivity contribution in [3.8, 4) is 53.3 Å². The number of nitriles is 1. The summed E-state index contributed by atoms with van der Waals surface area (Å²) in [5, 5.41) is 11.1. The van der Waals surface area contributed by atoms with Crippen molar-refractivity contribution in [2.45, 2.75) is 25.9 Å². The van der Waals surface area contributed by atoms with Crippen LogP contribution in [0.3, 0.4) is 0 Å². The molecule has 2 unspecified atom stereocenters. The zero-order valence-corrected chi connectivity index (χ0v) is 20.2. The van der Waals surface area contributed by atoms with Crippen LogP contribution >= 0.6 is 0 Å². The van der Waals surface area contributed by atoms with Gasteiger partial charge in [-0.05, 0) is 55.0 Å². The lowest BCUT2D eigenvalue weighted by Crippen LogP contribution is -2.12. The van der Waals surface area contributed by atoms with Crippen molar-refractivity contribution in [3.05, 3.63) is 101 Å². The first-order valence-corrected chi connectivity index (χ1v) is 11.8. The van der Waals surface area contributed by atoms with Gasteiger partial charge in [0, 0.05) is 22.4 Å². The molecule has 3 heteroatoms. The van der Waals surface area contributed by atoms with Crippen molar-refractivity contribution in [1.82, 2.24) is 4.57 Å². The minimum absolute atomic E-state index is 0.107. The number of benzene rings is 3. The first-order valence-electron chi connectivity index (χ1n) is 11.8. The predicted octanol–water partition coefficient (Wildman–Crippen LogP) is 7.24. The molecule has 3 aromatic carbocycles. The fraction of sp³-hybridized carbons (Fsp3) is 0.121. The Morgan fingerprint density at radius 3 is 2.64 bits per heavy atom. The average molecular weight is 465 g/mol. The molecule has 0 bridgehead atoms. The minimum Gasteiger partial charge on any atom is -0.485 e. The van der Waals surface area contributed by atoms with Gasteiger partial charge in [-0.2, -0.15) is 5.26 Å². The van der Waals surface area contributed by atoms with E-state index >= 15 is 0 Å². The molecule has 2 heterocycles. The summed E-state index contributed by atoms with van der Waals surface area (Å²) in [4.78, 5) is 0. The molecule has 0 saturated carbocycles. The number of terminal acetylenes is 2. The highest BCUT2D eigenvalue weighted by atomic mass is 16.5. The van der Waals surface area contributed by atoms with Crippen LogP contribution in [0.4, 0.5) is 0 Å². The Labute approximate surface area is 212 Å². The Hall–Kier alpha value is -4.91. The fourth-order valence-corrected chi connectivity index (χ4v) is 5.04. The fourth-order valence-electron chi connectivity index (χ4n) is 5.04. The zero-order valence-electron chi connectivity index (χ0n) is 20.2. The van der Waals surface area contributed by atoms with Crippen molar-refractivity contribution < 1.29 is 4.74 Å². The number of nitrogens with zero attached hydrogens (tertiary/aromatic N) is 2. The molecular weight excluding hydrogens is 440 g/mol. The van der Waals surface area contributed by atoms with Crippen LogP contribution < -0.4 is 4.74 Å². The molecule has 1 aliphatic heterocycles. The van der Waals surface area contributed by atoms with Gasteiger partial charge in [-0.3, -0.25) is 0 Å². The van der Waals surface area contributed by atoms with Crippen molar-refractivity contribution in [2.24, 2.45) is 0 Å². The van der Waals surface area contributed by atoms with Gasteiger partial charge in [0.15, 0.2) is 0 Å². The SMILES string of the molecule is C#C/C=C\C1Oc2ccc(-c3cccc(C#N)c3-n3c(/C=C\C)c(C#C)c4ccccc43)cc2C1C. The number of rotatable bonds is 4. The van der Waals surface area contributed by atoms with Gasteiger partial charge in [0.05, 0.1) is 28.0 Å². The first kappa shape index (κ1) is 22.9. The maximum atomic E-state index is 10.2. The molecule has 0 amide bonds. The van der Waals surface area contributed by atoms with Crippen LogP contribution in [0.2, 0.25) is 0 Å². The van der Waals surface area contributed by atoms with E-state index in [0.29, 0.717) is 5.56 Å². The Morgan fingerprint density at radius 2 is 1.89 bits per heavy atom. The Morgan fingerprint density at radius 1 is 1.06 bits per heavy atom. The topological polar surface area (TPSA) is 37.9 Å². The minimum atomic E-state index is -0.107. The van der Waals surface area contributed by atoms with E-state index in [9.17, 15) is 5.26 Å². The van der Waals surface area contributed by atoms with E-state index in [0.717, 1.165) is 50.3 Å². The number of allylic oxidation sites excluding steroid dienone is 2. The summed E-state index contributed by atoms with van der Waals surface area (Å²) in [6.45, 7) is 4.10. The van der Waals surface area contributed by atoms with Gasteiger partial charge in [0.2, 0.25) is 0 Å². The van der Waals surface area contributed by atoms with E-state index in [1.807, 2.05) is 73.7 Å². The third-order valence-corrected chi connectivity index (χ3v) is 6.71. The largest absolute Gasteiger partial charge is 0.485 e. The Kier molecular flexibility index (Phi) is 5.96. The molecule has 172 valence electrons. The van der Waals surface area contributed by atoms with Crippen LogP contribution in [-0.2, 0) is 0 Å². The second-order valence-electron chi connectivity index (χ2n) is 8.72. The monoisotopic (exact) mass is 464 g/mol. The first-order chi connectivity index (χ1) is 17.6. The lowest BCUT2D eigenvalue weighted by atomic mass is 9.92. The molecule has 0 spiro atoms.